The molecule has 62 valence electrons. The number of hydrogen-bond acceptors (Lipinski definition) is 2. The summed E-state index contributed by atoms with van der Waals surface area (Å²) in [5.41, 5.74) is 0.699. The van der Waals surface area contributed by atoms with Crippen LogP contribution in [0.15, 0.2) is 33.5 Å². The predicted molar refractivity (Wildman–Crippen MR) is 48.0 cm³/mol. The molecule has 12 heavy (non-hydrogen) atoms. The molecular weight excluding hydrogens is 172 g/mol. The number of nitrogens with one attached hydrogen (secondary N) is 1. The summed E-state index contributed by atoms with van der Waals surface area (Å²) in [6, 6.07) is 7.18. The fourth-order valence-electron chi connectivity index (χ4n) is 1.27. The van der Waals surface area contributed by atoms with Crippen LogP contribution in [0.5, 0.6) is 0 Å². The summed E-state index contributed by atoms with van der Waals surface area (Å²) in [4.78, 5) is 0.690. The molecule has 1 aliphatic heterocycles. The van der Waals surface area contributed by atoms with Gasteiger partial charge in [-0.25, -0.2) is 4.21 Å². The highest BCUT2D eigenvalue weighted by molar-refractivity contribution is 7.93. The normalized spacial score (nSPS) is 26.6. The van der Waals surface area contributed by atoms with Gasteiger partial charge in [-0.05, 0) is 12.1 Å². The van der Waals surface area contributed by atoms with Crippen molar-refractivity contribution in [2.24, 2.45) is 4.36 Å². The Morgan fingerprint density at radius 1 is 1.42 bits per heavy atom. The first-order chi connectivity index (χ1) is 5.61. The summed E-state index contributed by atoms with van der Waals surface area (Å²) >= 11 is 0. The lowest BCUT2D eigenvalue weighted by Crippen LogP contribution is -1.93. The molecule has 0 saturated heterocycles. The summed E-state index contributed by atoms with van der Waals surface area (Å²) < 4.78 is 15.5. The van der Waals surface area contributed by atoms with Gasteiger partial charge in [-0.1, -0.05) is 12.1 Å². The Kier molecular flexibility index (Phi) is 1.35. The highest BCUT2D eigenvalue weighted by Crippen LogP contribution is 2.24. The SMILES string of the molecule is CS1(=O)=NC(=N)c2ccccc21. The quantitative estimate of drug-likeness (QED) is 0.646. The van der Waals surface area contributed by atoms with Crippen LogP contribution in [0.1, 0.15) is 5.56 Å². The Morgan fingerprint density at radius 3 is 2.75 bits per heavy atom. The molecule has 1 atom stereocenters. The van der Waals surface area contributed by atoms with Gasteiger partial charge in [0, 0.05) is 11.8 Å². The molecule has 3 nitrogen and oxygen atoms in total. The molecule has 0 aromatic heterocycles. The number of rotatable bonds is 0. The standard InChI is InChI=1S/C8H8N2OS/c1-12(11)7-5-3-2-4-6(7)8(9)10-12/h2-5,9H,1H3. The lowest BCUT2D eigenvalue weighted by molar-refractivity contribution is 0.682. The number of amidine groups is 1. The third kappa shape index (κ3) is 0.881. The maximum Gasteiger partial charge on any atom is 0.163 e. The molecule has 1 unspecified atom stereocenters. The molecule has 0 amide bonds. The average molecular weight is 180 g/mol. The number of hydrogen-bond donors (Lipinski definition) is 1. The lowest BCUT2D eigenvalue weighted by Gasteiger charge is -1.97. The van der Waals surface area contributed by atoms with E-state index in [0.717, 1.165) is 0 Å². The highest BCUT2D eigenvalue weighted by atomic mass is 32.2. The summed E-state index contributed by atoms with van der Waals surface area (Å²) in [5.74, 6) is 0.137. The van der Waals surface area contributed by atoms with Crippen molar-refractivity contribution in [1.29, 1.82) is 5.41 Å². The first-order valence-corrected chi connectivity index (χ1v) is 5.44. The van der Waals surface area contributed by atoms with Crippen molar-refractivity contribution in [3.63, 3.8) is 0 Å². The van der Waals surface area contributed by atoms with E-state index in [1.165, 1.54) is 0 Å². The van der Waals surface area contributed by atoms with Crippen LogP contribution in [0.4, 0.5) is 0 Å². The van der Waals surface area contributed by atoms with Gasteiger partial charge in [0.15, 0.2) is 5.84 Å². The molecule has 1 heterocycles. The number of benzene rings is 1. The molecular formula is C8H8N2OS. The number of fused-ring (bicyclic) bond motifs is 1. The third-order valence-electron chi connectivity index (χ3n) is 1.82. The van der Waals surface area contributed by atoms with Gasteiger partial charge < -0.3 is 0 Å². The van der Waals surface area contributed by atoms with Gasteiger partial charge >= 0.3 is 0 Å². The summed E-state index contributed by atoms with van der Waals surface area (Å²) in [6.45, 7) is 0. The van der Waals surface area contributed by atoms with Gasteiger partial charge in [-0.15, -0.1) is 0 Å². The molecule has 0 fully saturated rings. The van der Waals surface area contributed by atoms with E-state index in [9.17, 15) is 4.21 Å². The Labute approximate surface area is 71.1 Å². The zero-order valence-corrected chi connectivity index (χ0v) is 7.39. The largest absolute Gasteiger partial charge is 0.282 e. The monoisotopic (exact) mass is 180 g/mol. The second-order valence-electron chi connectivity index (χ2n) is 2.74. The Morgan fingerprint density at radius 2 is 2.08 bits per heavy atom. The van der Waals surface area contributed by atoms with Crippen LogP contribution in [0.3, 0.4) is 0 Å². The van der Waals surface area contributed by atoms with Crippen molar-refractivity contribution < 1.29 is 4.21 Å². The minimum Gasteiger partial charge on any atom is -0.282 e. The fraction of sp³-hybridized carbons (Fsp3) is 0.125. The van der Waals surface area contributed by atoms with Gasteiger partial charge in [0.05, 0.1) is 14.6 Å². The molecule has 0 spiro atoms. The smallest absolute Gasteiger partial charge is 0.163 e. The number of nitrogens with zero attached hydrogens (tertiary/aromatic N) is 1. The topological polar surface area (TPSA) is 53.3 Å². The molecule has 0 bridgehead atoms. The van der Waals surface area contributed by atoms with E-state index in [2.05, 4.69) is 4.36 Å². The van der Waals surface area contributed by atoms with Crippen LogP contribution in [0, 0.1) is 5.41 Å². The average Bonchev–Trinajstić information content (AvgIpc) is 2.25. The maximum atomic E-state index is 11.7. The first kappa shape index (κ1) is 7.49. The second kappa shape index (κ2) is 2.17. The Hall–Kier alpha value is -1.16. The van der Waals surface area contributed by atoms with E-state index in [1.54, 1.807) is 18.4 Å². The molecule has 1 aromatic rings. The molecule has 0 radical (unpaired) electrons. The summed E-state index contributed by atoms with van der Waals surface area (Å²) in [7, 11) is -2.30. The van der Waals surface area contributed by atoms with Crippen molar-refractivity contribution in [1.82, 2.24) is 0 Å². The van der Waals surface area contributed by atoms with Crippen molar-refractivity contribution in [3.8, 4) is 0 Å². The van der Waals surface area contributed by atoms with Gasteiger partial charge in [-0.3, -0.25) is 5.41 Å². The van der Waals surface area contributed by atoms with Crippen LogP contribution in [0.25, 0.3) is 0 Å². The zero-order chi connectivity index (χ0) is 8.77. The van der Waals surface area contributed by atoms with Crippen LogP contribution in [-0.4, -0.2) is 16.3 Å². The van der Waals surface area contributed by atoms with Crippen LogP contribution >= 0.6 is 0 Å². The fourth-order valence-corrected chi connectivity index (χ4v) is 2.71. The maximum absolute atomic E-state index is 11.7. The molecule has 0 aliphatic carbocycles. The molecule has 1 aliphatic rings. The minimum absolute atomic E-state index is 0.137. The van der Waals surface area contributed by atoms with Crippen molar-refractivity contribution in [2.75, 3.05) is 6.26 Å². The molecule has 1 N–H and O–H groups in total. The molecule has 1 aromatic carbocycles. The van der Waals surface area contributed by atoms with E-state index in [4.69, 9.17) is 5.41 Å². The van der Waals surface area contributed by atoms with Gasteiger partial charge in [0.1, 0.15) is 0 Å². The molecule has 0 saturated carbocycles. The summed E-state index contributed by atoms with van der Waals surface area (Å²) in [6.07, 6.45) is 1.56. The highest BCUT2D eigenvalue weighted by Gasteiger charge is 2.21. The predicted octanol–water partition coefficient (Wildman–Crippen LogP) is 1.48. The van der Waals surface area contributed by atoms with Crippen LogP contribution in [0.2, 0.25) is 0 Å². The molecule has 4 heteroatoms. The van der Waals surface area contributed by atoms with E-state index in [1.807, 2.05) is 12.1 Å². The van der Waals surface area contributed by atoms with Gasteiger partial charge in [0.2, 0.25) is 0 Å². The van der Waals surface area contributed by atoms with Crippen LogP contribution < -0.4 is 0 Å². The summed E-state index contributed by atoms with van der Waals surface area (Å²) in [5, 5.41) is 7.44. The Bertz CT molecular complexity index is 470. The van der Waals surface area contributed by atoms with Crippen molar-refractivity contribution >= 4 is 15.6 Å². The first-order valence-electron chi connectivity index (χ1n) is 3.51. The molecule has 2 rings (SSSR count). The lowest BCUT2D eigenvalue weighted by atomic mass is 10.2. The van der Waals surface area contributed by atoms with E-state index in [-0.39, 0.29) is 5.84 Å². The van der Waals surface area contributed by atoms with E-state index >= 15 is 0 Å². The third-order valence-corrected chi connectivity index (χ3v) is 3.52. The minimum atomic E-state index is -2.30. The zero-order valence-electron chi connectivity index (χ0n) is 6.57. The van der Waals surface area contributed by atoms with E-state index < -0.39 is 9.73 Å². The van der Waals surface area contributed by atoms with Crippen molar-refractivity contribution in [2.45, 2.75) is 4.90 Å². The Balaban J connectivity index is 2.87. The second-order valence-corrected chi connectivity index (χ2v) is 4.97. The van der Waals surface area contributed by atoms with E-state index in [0.29, 0.717) is 10.5 Å². The van der Waals surface area contributed by atoms with Crippen molar-refractivity contribution in [3.05, 3.63) is 29.8 Å². The van der Waals surface area contributed by atoms with Gasteiger partial charge in [-0.2, -0.15) is 4.36 Å². The van der Waals surface area contributed by atoms with Gasteiger partial charge in [0.25, 0.3) is 0 Å². The van der Waals surface area contributed by atoms with Crippen LogP contribution in [-0.2, 0) is 9.73 Å².